The fourth-order valence-corrected chi connectivity index (χ4v) is 5.02. The number of nitrogens with zero attached hydrogens (tertiary/aromatic N) is 3. The van der Waals surface area contributed by atoms with Crippen LogP contribution < -0.4 is 15.4 Å². The number of benzene rings is 1. The lowest BCUT2D eigenvalue weighted by Crippen LogP contribution is -2.55. The number of ether oxygens (including phenoxy) is 1. The van der Waals surface area contributed by atoms with Crippen molar-refractivity contribution in [1.29, 1.82) is 0 Å². The van der Waals surface area contributed by atoms with Gasteiger partial charge in [0.2, 0.25) is 5.95 Å². The lowest BCUT2D eigenvalue weighted by atomic mass is 9.84. The van der Waals surface area contributed by atoms with Crippen molar-refractivity contribution in [3.05, 3.63) is 35.8 Å². The molecule has 0 radical (unpaired) electrons. The van der Waals surface area contributed by atoms with Gasteiger partial charge in [-0.2, -0.15) is 4.98 Å². The molecular formula is C23H32FN5O2. The first-order valence-electron chi connectivity index (χ1n) is 11.0. The first-order chi connectivity index (χ1) is 14.9. The van der Waals surface area contributed by atoms with Crippen LogP contribution >= 0.6 is 0 Å². The van der Waals surface area contributed by atoms with Gasteiger partial charge in [0.1, 0.15) is 12.4 Å². The highest BCUT2D eigenvalue weighted by atomic mass is 19.1. The van der Waals surface area contributed by atoms with Crippen molar-refractivity contribution >= 4 is 17.5 Å². The molecule has 1 aromatic carbocycles. The quantitative estimate of drug-likeness (QED) is 0.617. The molecule has 31 heavy (non-hydrogen) atoms. The Bertz CT molecular complexity index is 923. The third-order valence-electron chi connectivity index (χ3n) is 6.32. The Hall–Kier alpha value is -2.45. The number of piperidine rings is 1. The van der Waals surface area contributed by atoms with Crippen molar-refractivity contribution in [2.24, 2.45) is 0 Å². The zero-order valence-corrected chi connectivity index (χ0v) is 18.5. The first-order valence-corrected chi connectivity index (χ1v) is 11.0. The Kier molecular flexibility index (Phi) is 6.29. The van der Waals surface area contributed by atoms with Crippen LogP contribution in [0.15, 0.2) is 24.4 Å². The van der Waals surface area contributed by atoms with Crippen molar-refractivity contribution in [2.75, 3.05) is 30.4 Å². The third kappa shape index (κ3) is 4.91. The van der Waals surface area contributed by atoms with Crippen LogP contribution in [0.5, 0.6) is 5.75 Å². The standard InChI is InChI=1S/C23H32FN5O2/c1-15-11-16(6-7-20(15)31-10-9-30)27-22-25-14-19(24)21(28-22)26-17-12-18-5-4-8-29(18)23(2,3)13-17/h6-7,11,14,17-18,30H,4-5,8-10,12-13H2,1-3H3,(H2,25,26,27,28)/t17-,18+/m1/s1. The normalized spacial score (nSPS) is 22.7. The summed E-state index contributed by atoms with van der Waals surface area (Å²) in [4.78, 5) is 11.1. The molecule has 3 N–H and O–H groups in total. The average molecular weight is 430 g/mol. The lowest BCUT2D eigenvalue weighted by Gasteiger charge is -2.47. The molecular weight excluding hydrogens is 397 g/mol. The highest BCUT2D eigenvalue weighted by Crippen LogP contribution is 2.38. The molecule has 2 aliphatic rings. The van der Waals surface area contributed by atoms with Gasteiger partial charge in [-0.05, 0) is 76.8 Å². The molecule has 0 bridgehead atoms. The van der Waals surface area contributed by atoms with Crippen molar-refractivity contribution < 1.29 is 14.2 Å². The van der Waals surface area contributed by atoms with Gasteiger partial charge in [0, 0.05) is 23.3 Å². The van der Waals surface area contributed by atoms with Crippen LogP contribution in [0.1, 0.15) is 45.1 Å². The fourth-order valence-electron chi connectivity index (χ4n) is 5.02. The molecule has 1 aromatic heterocycles. The summed E-state index contributed by atoms with van der Waals surface area (Å²) in [5.74, 6) is 0.846. The van der Waals surface area contributed by atoms with Crippen LogP contribution in [-0.2, 0) is 0 Å². The van der Waals surface area contributed by atoms with Crippen LogP contribution in [-0.4, -0.2) is 57.4 Å². The molecule has 0 unspecified atom stereocenters. The number of aromatic nitrogens is 2. The minimum atomic E-state index is -0.443. The highest BCUT2D eigenvalue weighted by molar-refractivity contribution is 5.58. The number of aryl methyl sites for hydroxylation is 1. The molecule has 7 nitrogen and oxygen atoms in total. The van der Waals surface area contributed by atoms with E-state index in [4.69, 9.17) is 9.84 Å². The highest BCUT2D eigenvalue weighted by Gasteiger charge is 2.43. The van der Waals surface area contributed by atoms with Crippen molar-refractivity contribution in [2.45, 2.75) is 64.1 Å². The van der Waals surface area contributed by atoms with E-state index in [0.29, 0.717) is 17.7 Å². The van der Waals surface area contributed by atoms with E-state index < -0.39 is 5.82 Å². The number of halogens is 1. The molecule has 0 amide bonds. The number of fused-ring (bicyclic) bond motifs is 1. The van der Waals surface area contributed by atoms with Gasteiger partial charge < -0.3 is 20.5 Å². The Morgan fingerprint density at radius 2 is 2.19 bits per heavy atom. The Morgan fingerprint density at radius 1 is 1.35 bits per heavy atom. The predicted molar refractivity (Wildman–Crippen MR) is 119 cm³/mol. The second kappa shape index (κ2) is 8.96. The minimum absolute atomic E-state index is 0.0322. The van der Waals surface area contributed by atoms with Crippen molar-refractivity contribution in [1.82, 2.24) is 14.9 Å². The summed E-state index contributed by atoms with van der Waals surface area (Å²) >= 11 is 0. The van der Waals surface area contributed by atoms with E-state index in [1.165, 1.54) is 19.0 Å². The monoisotopic (exact) mass is 429 g/mol. The largest absolute Gasteiger partial charge is 0.491 e. The molecule has 0 saturated carbocycles. The number of rotatable bonds is 7. The average Bonchev–Trinajstić information content (AvgIpc) is 3.19. The molecule has 2 aromatic rings. The van der Waals surface area contributed by atoms with Crippen molar-refractivity contribution in [3.63, 3.8) is 0 Å². The number of aliphatic hydroxyl groups excluding tert-OH is 1. The molecule has 0 spiro atoms. The van der Waals surface area contributed by atoms with E-state index in [1.807, 2.05) is 25.1 Å². The minimum Gasteiger partial charge on any atom is -0.491 e. The van der Waals surface area contributed by atoms with Crippen LogP contribution in [0.25, 0.3) is 0 Å². The number of aliphatic hydroxyl groups is 1. The van der Waals surface area contributed by atoms with Gasteiger partial charge in [-0.3, -0.25) is 4.90 Å². The third-order valence-corrected chi connectivity index (χ3v) is 6.32. The summed E-state index contributed by atoms with van der Waals surface area (Å²) in [7, 11) is 0. The van der Waals surface area contributed by atoms with Gasteiger partial charge in [-0.25, -0.2) is 9.37 Å². The number of nitrogens with one attached hydrogen (secondary N) is 2. The van der Waals surface area contributed by atoms with E-state index >= 15 is 0 Å². The van der Waals surface area contributed by atoms with E-state index in [1.54, 1.807) is 0 Å². The van der Waals surface area contributed by atoms with Gasteiger partial charge in [0.25, 0.3) is 0 Å². The van der Waals surface area contributed by atoms with E-state index in [-0.39, 0.29) is 30.6 Å². The maximum atomic E-state index is 14.5. The van der Waals surface area contributed by atoms with Gasteiger partial charge in [-0.1, -0.05) is 0 Å². The molecule has 2 fully saturated rings. The van der Waals surface area contributed by atoms with E-state index in [2.05, 4.69) is 39.3 Å². The van der Waals surface area contributed by atoms with Gasteiger partial charge in [0.05, 0.1) is 12.8 Å². The summed E-state index contributed by atoms with van der Waals surface area (Å²) in [5, 5.41) is 15.4. The predicted octanol–water partition coefficient (Wildman–Crippen LogP) is 3.86. The topological polar surface area (TPSA) is 82.5 Å². The van der Waals surface area contributed by atoms with Crippen LogP contribution in [0, 0.1) is 12.7 Å². The maximum Gasteiger partial charge on any atom is 0.229 e. The first kappa shape index (κ1) is 21.8. The smallest absolute Gasteiger partial charge is 0.229 e. The molecule has 168 valence electrons. The zero-order chi connectivity index (χ0) is 22.0. The number of anilines is 3. The van der Waals surface area contributed by atoms with Crippen LogP contribution in [0.4, 0.5) is 21.8 Å². The Labute approximate surface area is 183 Å². The Balaban J connectivity index is 1.46. The molecule has 8 heteroatoms. The summed E-state index contributed by atoms with van der Waals surface area (Å²) in [6, 6.07) is 6.31. The van der Waals surface area contributed by atoms with Crippen LogP contribution in [0.2, 0.25) is 0 Å². The Morgan fingerprint density at radius 3 is 2.97 bits per heavy atom. The molecule has 4 rings (SSSR count). The number of hydrogen-bond acceptors (Lipinski definition) is 7. The zero-order valence-electron chi connectivity index (χ0n) is 18.5. The van der Waals surface area contributed by atoms with Crippen molar-refractivity contribution in [3.8, 4) is 5.75 Å². The fraction of sp³-hybridized carbons (Fsp3) is 0.565. The second-order valence-corrected chi connectivity index (χ2v) is 9.15. The molecule has 2 aliphatic heterocycles. The van der Waals surface area contributed by atoms with Crippen LogP contribution in [0.3, 0.4) is 0 Å². The summed E-state index contributed by atoms with van der Waals surface area (Å²) in [6.07, 6.45) is 5.60. The molecule has 2 atom stereocenters. The van der Waals surface area contributed by atoms with E-state index in [0.717, 1.165) is 30.6 Å². The van der Waals surface area contributed by atoms with Gasteiger partial charge in [-0.15, -0.1) is 0 Å². The van der Waals surface area contributed by atoms with Gasteiger partial charge in [0.15, 0.2) is 11.6 Å². The molecule has 3 heterocycles. The number of hydrogen-bond donors (Lipinski definition) is 3. The lowest BCUT2D eigenvalue weighted by molar-refractivity contribution is 0.0500. The molecule has 0 aliphatic carbocycles. The molecule has 2 saturated heterocycles. The summed E-state index contributed by atoms with van der Waals surface area (Å²) in [6.45, 7) is 7.85. The second-order valence-electron chi connectivity index (χ2n) is 9.15. The van der Waals surface area contributed by atoms with Gasteiger partial charge >= 0.3 is 0 Å². The SMILES string of the molecule is Cc1cc(Nc2ncc(F)c(N[C@@H]3C[C@@H]4CCCN4C(C)(C)C3)n2)ccc1OCCO. The maximum absolute atomic E-state index is 14.5. The summed E-state index contributed by atoms with van der Waals surface area (Å²) in [5.41, 5.74) is 1.80. The summed E-state index contributed by atoms with van der Waals surface area (Å²) < 4.78 is 20.0. The van der Waals surface area contributed by atoms with E-state index in [9.17, 15) is 4.39 Å².